The van der Waals surface area contributed by atoms with E-state index in [9.17, 15) is 54.3 Å². The highest BCUT2D eigenvalue weighted by Crippen LogP contribution is 2.39. The van der Waals surface area contributed by atoms with Crippen molar-refractivity contribution >= 4 is 23.5 Å². The van der Waals surface area contributed by atoms with Crippen molar-refractivity contribution in [1.82, 2.24) is 10.4 Å². The number of likely N-dealkylation sites (tertiary alicyclic amines) is 1. The summed E-state index contributed by atoms with van der Waals surface area (Å²) in [5, 5.41) is 19.0. The Kier molecular flexibility index (Phi) is 12.1. The fourth-order valence-corrected chi connectivity index (χ4v) is 4.46. The summed E-state index contributed by atoms with van der Waals surface area (Å²) in [5.41, 5.74) is -1.16. The lowest BCUT2D eigenvalue weighted by Gasteiger charge is -2.39. The first-order valence-electron chi connectivity index (χ1n) is 13.3. The summed E-state index contributed by atoms with van der Waals surface area (Å²) in [6.07, 6.45) is -14.7. The van der Waals surface area contributed by atoms with Crippen LogP contribution in [-0.4, -0.2) is 58.8 Å². The number of nitrogens with one attached hydrogen (secondary N) is 2. The molecule has 0 saturated carbocycles. The molecule has 1 aliphatic heterocycles. The second-order valence-electron chi connectivity index (χ2n) is 11.4. The monoisotopic (exact) mass is 675 g/mol. The average Bonchev–Trinajstić information content (AvgIpc) is 2.91. The third kappa shape index (κ3) is 11.7. The van der Waals surface area contributed by atoms with Crippen LogP contribution >= 0.6 is 0 Å². The molecule has 0 radical (unpaired) electrons. The number of carboxylic acids is 1. The fourth-order valence-electron chi connectivity index (χ4n) is 4.46. The van der Waals surface area contributed by atoms with Gasteiger partial charge in [-0.1, -0.05) is 20.8 Å². The Hall–Kier alpha value is -4.06. The second-order valence-corrected chi connectivity index (χ2v) is 11.4. The van der Waals surface area contributed by atoms with E-state index in [0.717, 1.165) is 0 Å². The molecule has 1 aliphatic rings. The zero-order valence-corrected chi connectivity index (χ0v) is 24.4. The van der Waals surface area contributed by atoms with Crippen LogP contribution in [0.1, 0.15) is 38.3 Å². The molecule has 3 rings (SSSR count). The molecule has 18 heteroatoms. The maximum atomic E-state index is 13.1. The smallest absolute Gasteiger partial charge is 0.475 e. The number of nitrogens with zero attached hydrogens (tertiary/aromatic N) is 1. The number of halogens is 9. The molecule has 256 valence electrons. The fraction of sp³-hybridized carbons (Fsp3) is 0.464. The van der Waals surface area contributed by atoms with Crippen molar-refractivity contribution in [2.24, 2.45) is 17.3 Å². The highest BCUT2D eigenvalue weighted by Gasteiger charge is 2.40. The van der Waals surface area contributed by atoms with E-state index in [1.165, 1.54) is 24.3 Å². The number of piperidine rings is 1. The number of hydroxylamine groups is 1. The van der Waals surface area contributed by atoms with Crippen molar-refractivity contribution < 1.29 is 68.9 Å². The Morgan fingerprint density at radius 2 is 1.33 bits per heavy atom. The van der Waals surface area contributed by atoms with Gasteiger partial charge in [-0.2, -0.15) is 39.5 Å². The number of ether oxygens (including phenoxy) is 1. The minimum Gasteiger partial charge on any atom is -0.475 e. The Balaban J connectivity index is 0.000000942. The lowest BCUT2D eigenvalue weighted by atomic mass is 9.83. The molecule has 0 unspecified atom stereocenters. The molecule has 2 aromatic rings. The Bertz CT molecular complexity index is 1340. The third-order valence-electron chi connectivity index (χ3n) is 6.34. The molecule has 1 fully saturated rings. The maximum absolute atomic E-state index is 13.1. The first kappa shape index (κ1) is 38.1. The van der Waals surface area contributed by atoms with Gasteiger partial charge in [-0.3, -0.25) is 14.8 Å². The predicted molar refractivity (Wildman–Crippen MR) is 143 cm³/mol. The normalized spacial score (nSPS) is 17.8. The van der Waals surface area contributed by atoms with Crippen LogP contribution in [-0.2, 0) is 26.7 Å². The van der Waals surface area contributed by atoms with Crippen LogP contribution in [0.15, 0.2) is 42.5 Å². The minimum atomic E-state index is -5.08. The van der Waals surface area contributed by atoms with Gasteiger partial charge in [-0.05, 0) is 60.8 Å². The highest BCUT2D eigenvalue weighted by molar-refractivity contribution is 5.96. The van der Waals surface area contributed by atoms with Crippen molar-refractivity contribution in [2.45, 2.75) is 45.7 Å². The molecule has 0 spiro atoms. The second kappa shape index (κ2) is 14.6. The van der Waals surface area contributed by atoms with Crippen molar-refractivity contribution in [1.29, 1.82) is 0 Å². The molecule has 1 heterocycles. The van der Waals surface area contributed by atoms with E-state index in [2.05, 4.69) is 5.32 Å². The van der Waals surface area contributed by atoms with E-state index in [4.69, 9.17) is 14.6 Å². The lowest BCUT2D eigenvalue weighted by Crippen LogP contribution is -2.51. The molecule has 2 aromatic carbocycles. The van der Waals surface area contributed by atoms with Gasteiger partial charge >= 0.3 is 24.5 Å². The zero-order chi connectivity index (χ0) is 35.3. The van der Waals surface area contributed by atoms with Crippen LogP contribution < -0.4 is 15.5 Å². The number of benzene rings is 2. The topological polar surface area (TPSA) is 128 Å². The number of carbonyl (C=O) groups excluding carboxylic acids is 2. The zero-order valence-electron chi connectivity index (χ0n) is 24.4. The maximum Gasteiger partial charge on any atom is 0.490 e. The standard InChI is InChI=1S/C26H29F6N3O4.C2HF3O2/c1-24(2,3)14-35-9-8-20(21(13-35)23(37)34-38)22(36)33-17-4-6-18(7-5-17)39-19-11-15(25(27,28)29)10-16(12-19)26(30,31)32;3-2(4,5)1(6)7/h4-7,10-12,20-21,38H,8-9,13-14H2,1-3H3,(H,33,36)(H,34,37);(H,6,7)/t20-,21-;/m0./s1. The lowest BCUT2D eigenvalue weighted by molar-refractivity contribution is -0.192. The molecule has 0 aromatic heterocycles. The molecule has 1 saturated heterocycles. The first-order valence-corrected chi connectivity index (χ1v) is 13.3. The van der Waals surface area contributed by atoms with Crippen LogP contribution in [0.2, 0.25) is 0 Å². The summed E-state index contributed by atoms with van der Waals surface area (Å²) >= 11 is 0. The van der Waals surface area contributed by atoms with Gasteiger partial charge in [-0.25, -0.2) is 10.3 Å². The molecule has 2 amide bonds. The molecule has 4 N–H and O–H groups in total. The van der Waals surface area contributed by atoms with Crippen molar-refractivity contribution in [3.05, 3.63) is 53.6 Å². The molecule has 0 aliphatic carbocycles. The van der Waals surface area contributed by atoms with Gasteiger partial charge in [0.05, 0.1) is 23.0 Å². The number of hydrogen-bond donors (Lipinski definition) is 4. The van der Waals surface area contributed by atoms with E-state index >= 15 is 0 Å². The summed E-state index contributed by atoms with van der Waals surface area (Å²) in [4.78, 5) is 36.2. The van der Waals surface area contributed by atoms with Crippen LogP contribution in [0.3, 0.4) is 0 Å². The van der Waals surface area contributed by atoms with E-state index < -0.39 is 65.0 Å². The van der Waals surface area contributed by atoms with Crippen molar-refractivity contribution in [3.8, 4) is 11.5 Å². The number of carboxylic acid groups (broad SMARTS) is 1. The number of amides is 2. The number of aliphatic carboxylic acids is 1. The summed E-state index contributed by atoms with van der Waals surface area (Å²) in [6.45, 7) is 7.65. The average molecular weight is 676 g/mol. The van der Waals surface area contributed by atoms with Gasteiger partial charge in [0.25, 0.3) is 0 Å². The van der Waals surface area contributed by atoms with Crippen LogP contribution in [0, 0.1) is 17.3 Å². The van der Waals surface area contributed by atoms with Gasteiger partial charge in [0, 0.05) is 18.8 Å². The largest absolute Gasteiger partial charge is 0.490 e. The van der Waals surface area contributed by atoms with Gasteiger partial charge in [0.15, 0.2) is 0 Å². The molecule has 9 nitrogen and oxygen atoms in total. The van der Waals surface area contributed by atoms with E-state index in [1.54, 1.807) is 5.48 Å². The Labute approximate surface area is 256 Å². The number of hydrogen-bond acceptors (Lipinski definition) is 6. The number of rotatable bonds is 6. The quantitative estimate of drug-likeness (QED) is 0.155. The van der Waals surface area contributed by atoms with Gasteiger partial charge in [0.1, 0.15) is 11.5 Å². The Morgan fingerprint density at radius 3 is 1.74 bits per heavy atom. The number of carbonyl (C=O) groups is 3. The van der Waals surface area contributed by atoms with E-state index in [1.807, 2.05) is 25.7 Å². The highest BCUT2D eigenvalue weighted by atomic mass is 19.4. The van der Waals surface area contributed by atoms with Crippen molar-refractivity contribution in [2.75, 3.05) is 25.0 Å². The first-order chi connectivity index (χ1) is 20.9. The minimum absolute atomic E-state index is 0.00339. The van der Waals surface area contributed by atoms with Gasteiger partial charge in [-0.15, -0.1) is 0 Å². The summed E-state index contributed by atoms with van der Waals surface area (Å²) in [7, 11) is 0. The summed E-state index contributed by atoms with van der Waals surface area (Å²) < 4.78 is 116. The van der Waals surface area contributed by atoms with Gasteiger partial charge < -0.3 is 20.1 Å². The van der Waals surface area contributed by atoms with E-state index in [0.29, 0.717) is 31.6 Å². The van der Waals surface area contributed by atoms with Crippen LogP contribution in [0.25, 0.3) is 0 Å². The van der Waals surface area contributed by atoms with Crippen LogP contribution in [0.5, 0.6) is 11.5 Å². The third-order valence-corrected chi connectivity index (χ3v) is 6.34. The molecular weight excluding hydrogens is 645 g/mol. The summed E-state index contributed by atoms with van der Waals surface area (Å²) in [5.74, 6) is -6.18. The Morgan fingerprint density at radius 1 is 0.826 bits per heavy atom. The summed E-state index contributed by atoms with van der Waals surface area (Å²) in [6, 6.07) is 6.19. The van der Waals surface area contributed by atoms with Crippen LogP contribution in [0.4, 0.5) is 45.2 Å². The number of alkyl halides is 9. The van der Waals surface area contributed by atoms with Gasteiger partial charge in [0.2, 0.25) is 11.8 Å². The molecule has 2 atom stereocenters. The molecular formula is C28H30F9N3O6. The SMILES string of the molecule is CC(C)(C)CN1CC[C@H](C(=O)Nc2ccc(Oc3cc(C(F)(F)F)cc(C(F)(F)F)c3)cc2)[C@@H](C(=O)NO)C1.O=C(O)C(F)(F)F. The van der Waals surface area contributed by atoms with Crippen molar-refractivity contribution in [3.63, 3.8) is 0 Å². The number of anilines is 1. The molecule has 0 bridgehead atoms. The molecule has 46 heavy (non-hydrogen) atoms. The van der Waals surface area contributed by atoms with E-state index in [-0.39, 0.29) is 29.5 Å². The predicted octanol–water partition coefficient (Wildman–Crippen LogP) is 6.58.